The van der Waals surface area contributed by atoms with Crippen LogP contribution in [0.3, 0.4) is 0 Å². The van der Waals surface area contributed by atoms with E-state index < -0.39 is 6.04 Å². The summed E-state index contributed by atoms with van der Waals surface area (Å²) in [6.45, 7) is 0.681. The van der Waals surface area contributed by atoms with Crippen molar-refractivity contribution in [3.63, 3.8) is 0 Å². The first-order valence-corrected chi connectivity index (χ1v) is 10.6. The van der Waals surface area contributed by atoms with E-state index in [0.29, 0.717) is 12.1 Å². The number of Topliss-reactive ketones (excluding diaryl/α,β-unsaturated/α-hetero) is 1. The molecule has 0 radical (unpaired) electrons. The fourth-order valence-corrected chi connectivity index (χ4v) is 3.96. The minimum absolute atomic E-state index is 0.0564. The summed E-state index contributed by atoms with van der Waals surface area (Å²) < 4.78 is 0.978. The Hall–Kier alpha value is -2.40. The van der Waals surface area contributed by atoms with Crippen LogP contribution in [0, 0.1) is 0 Å². The average Bonchev–Trinajstić information content (AvgIpc) is 3.16. The molecule has 1 unspecified atom stereocenters. The van der Waals surface area contributed by atoms with Crippen molar-refractivity contribution in [3.05, 3.63) is 105 Å². The standard InChI is InChI=1S/C24H20BrClN2O/c25-18-8-11-20-21(15-28-22(20)14-18)24(29)23(17-4-2-1-3-5-17)27-13-12-16-6-9-19(26)10-7-16/h1-11,14-15,23,27-28H,12-13H2. The van der Waals surface area contributed by atoms with E-state index in [-0.39, 0.29) is 5.78 Å². The molecular weight excluding hydrogens is 448 g/mol. The molecule has 1 aromatic heterocycles. The summed E-state index contributed by atoms with van der Waals surface area (Å²) in [5.74, 6) is 0.0564. The molecule has 3 aromatic carbocycles. The van der Waals surface area contributed by atoms with Gasteiger partial charge in [-0.15, -0.1) is 0 Å². The van der Waals surface area contributed by atoms with Crippen molar-refractivity contribution in [1.29, 1.82) is 0 Å². The molecule has 0 saturated carbocycles. The third kappa shape index (κ3) is 4.61. The highest BCUT2D eigenvalue weighted by Crippen LogP contribution is 2.27. The first kappa shape index (κ1) is 19.9. The molecule has 4 aromatic rings. The Balaban J connectivity index is 1.58. The van der Waals surface area contributed by atoms with E-state index in [0.717, 1.165) is 32.4 Å². The van der Waals surface area contributed by atoms with Gasteiger partial charge in [0.2, 0.25) is 0 Å². The van der Waals surface area contributed by atoms with Crippen molar-refractivity contribution >= 4 is 44.2 Å². The van der Waals surface area contributed by atoms with Gasteiger partial charge in [-0.25, -0.2) is 0 Å². The third-order valence-electron chi connectivity index (χ3n) is 4.98. The van der Waals surface area contributed by atoms with Crippen LogP contribution in [0.5, 0.6) is 0 Å². The lowest BCUT2D eigenvalue weighted by atomic mass is 9.96. The molecule has 0 aliphatic heterocycles. The zero-order valence-electron chi connectivity index (χ0n) is 15.7. The van der Waals surface area contributed by atoms with Gasteiger partial charge in [0, 0.05) is 38.7 Å². The molecule has 0 spiro atoms. The van der Waals surface area contributed by atoms with E-state index in [1.54, 1.807) is 6.20 Å². The van der Waals surface area contributed by atoms with Crippen LogP contribution in [0.4, 0.5) is 0 Å². The molecule has 0 saturated heterocycles. The van der Waals surface area contributed by atoms with Gasteiger partial charge in [0.25, 0.3) is 0 Å². The molecule has 5 heteroatoms. The first-order valence-electron chi connectivity index (χ1n) is 9.45. The van der Waals surface area contributed by atoms with E-state index >= 15 is 0 Å². The molecule has 1 heterocycles. The fourth-order valence-electron chi connectivity index (χ4n) is 3.48. The number of nitrogens with one attached hydrogen (secondary N) is 2. The van der Waals surface area contributed by atoms with Crippen molar-refractivity contribution in [1.82, 2.24) is 10.3 Å². The second-order valence-electron chi connectivity index (χ2n) is 6.93. The van der Waals surface area contributed by atoms with Crippen LogP contribution < -0.4 is 5.32 Å². The number of halogens is 2. The minimum atomic E-state index is -0.411. The normalized spacial score (nSPS) is 12.2. The number of rotatable bonds is 7. The molecule has 0 bridgehead atoms. The summed E-state index contributed by atoms with van der Waals surface area (Å²) in [4.78, 5) is 16.7. The highest BCUT2D eigenvalue weighted by atomic mass is 79.9. The number of hydrogen-bond acceptors (Lipinski definition) is 2. The predicted octanol–water partition coefficient (Wildman–Crippen LogP) is 6.34. The van der Waals surface area contributed by atoms with Crippen molar-refractivity contribution in [2.24, 2.45) is 0 Å². The number of carbonyl (C=O) groups is 1. The molecule has 0 amide bonds. The molecule has 4 rings (SSSR count). The minimum Gasteiger partial charge on any atom is -0.360 e. The van der Waals surface area contributed by atoms with E-state index in [2.05, 4.69) is 26.2 Å². The summed E-state index contributed by atoms with van der Waals surface area (Å²) in [6.07, 6.45) is 2.62. The van der Waals surface area contributed by atoms with Gasteiger partial charge in [-0.1, -0.05) is 76.1 Å². The lowest BCUT2D eigenvalue weighted by Crippen LogP contribution is -2.30. The molecule has 0 aliphatic rings. The molecule has 3 nitrogen and oxygen atoms in total. The van der Waals surface area contributed by atoms with Crippen molar-refractivity contribution in [3.8, 4) is 0 Å². The Morgan fingerprint density at radius 1 is 1.03 bits per heavy atom. The van der Waals surface area contributed by atoms with Crippen LogP contribution in [0.15, 0.2) is 83.5 Å². The van der Waals surface area contributed by atoms with Crippen LogP contribution in [-0.2, 0) is 6.42 Å². The van der Waals surface area contributed by atoms with Crippen LogP contribution in [0.25, 0.3) is 10.9 Å². The van der Waals surface area contributed by atoms with Gasteiger partial charge in [-0.3, -0.25) is 4.79 Å². The molecule has 29 heavy (non-hydrogen) atoms. The molecule has 1 atom stereocenters. The number of aromatic amines is 1. The number of benzene rings is 3. The second kappa shape index (κ2) is 8.95. The largest absolute Gasteiger partial charge is 0.360 e. The van der Waals surface area contributed by atoms with Crippen molar-refractivity contribution in [2.45, 2.75) is 12.5 Å². The Morgan fingerprint density at radius 2 is 1.79 bits per heavy atom. The fraction of sp³-hybridized carbons (Fsp3) is 0.125. The lowest BCUT2D eigenvalue weighted by Gasteiger charge is -2.18. The molecule has 146 valence electrons. The van der Waals surface area contributed by atoms with Gasteiger partial charge in [0.1, 0.15) is 0 Å². The van der Waals surface area contributed by atoms with E-state index in [1.165, 1.54) is 5.56 Å². The van der Waals surface area contributed by atoms with Crippen molar-refractivity contribution in [2.75, 3.05) is 6.54 Å². The average molecular weight is 468 g/mol. The number of ketones is 1. The SMILES string of the molecule is O=C(c1c[nH]c2cc(Br)ccc12)C(NCCc1ccc(Cl)cc1)c1ccccc1. The Kier molecular flexibility index (Phi) is 6.14. The molecule has 0 fully saturated rings. The highest BCUT2D eigenvalue weighted by Gasteiger charge is 2.24. The lowest BCUT2D eigenvalue weighted by molar-refractivity contribution is 0.0945. The number of hydrogen-bond donors (Lipinski definition) is 2. The van der Waals surface area contributed by atoms with Gasteiger partial charge < -0.3 is 10.3 Å². The summed E-state index contributed by atoms with van der Waals surface area (Å²) in [5.41, 5.74) is 3.77. The maximum atomic E-state index is 13.5. The summed E-state index contributed by atoms with van der Waals surface area (Å²) >= 11 is 9.45. The Labute approximate surface area is 183 Å². The van der Waals surface area contributed by atoms with Gasteiger partial charge >= 0.3 is 0 Å². The smallest absolute Gasteiger partial charge is 0.186 e. The molecule has 2 N–H and O–H groups in total. The maximum Gasteiger partial charge on any atom is 0.186 e. The zero-order valence-corrected chi connectivity index (χ0v) is 18.0. The topological polar surface area (TPSA) is 44.9 Å². The second-order valence-corrected chi connectivity index (χ2v) is 8.28. The van der Waals surface area contributed by atoms with E-state index in [4.69, 9.17) is 11.6 Å². The zero-order chi connectivity index (χ0) is 20.2. The summed E-state index contributed by atoms with van der Waals surface area (Å²) in [7, 11) is 0. The van der Waals surface area contributed by atoms with Crippen molar-refractivity contribution < 1.29 is 4.79 Å². The van der Waals surface area contributed by atoms with Gasteiger partial charge in [0.15, 0.2) is 5.78 Å². The number of carbonyl (C=O) groups excluding carboxylic acids is 1. The number of H-pyrrole nitrogens is 1. The Morgan fingerprint density at radius 3 is 2.55 bits per heavy atom. The van der Waals surface area contributed by atoms with Crippen LogP contribution in [-0.4, -0.2) is 17.3 Å². The summed E-state index contributed by atoms with van der Waals surface area (Å²) in [5, 5.41) is 5.11. The van der Waals surface area contributed by atoms with Gasteiger partial charge in [-0.05, 0) is 41.8 Å². The first-order chi connectivity index (χ1) is 14.1. The maximum absolute atomic E-state index is 13.5. The number of fused-ring (bicyclic) bond motifs is 1. The van der Waals surface area contributed by atoms with Gasteiger partial charge in [0.05, 0.1) is 6.04 Å². The van der Waals surface area contributed by atoms with Crippen LogP contribution in [0.1, 0.15) is 27.5 Å². The van der Waals surface area contributed by atoms with Gasteiger partial charge in [-0.2, -0.15) is 0 Å². The van der Waals surface area contributed by atoms with E-state index in [9.17, 15) is 4.79 Å². The van der Waals surface area contributed by atoms with E-state index in [1.807, 2.05) is 72.8 Å². The third-order valence-corrected chi connectivity index (χ3v) is 5.72. The molecule has 0 aliphatic carbocycles. The highest BCUT2D eigenvalue weighted by molar-refractivity contribution is 9.10. The van der Waals surface area contributed by atoms with Crippen LogP contribution >= 0.6 is 27.5 Å². The number of aromatic nitrogens is 1. The summed E-state index contributed by atoms with van der Waals surface area (Å²) in [6, 6.07) is 23.2. The Bertz CT molecular complexity index is 1120. The monoisotopic (exact) mass is 466 g/mol. The quantitative estimate of drug-likeness (QED) is 0.311. The predicted molar refractivity (Wildman–Crippen MR) is 123 cm³/mol. The van der Waals surface area contributed by atoms with Crippen LogP contribution in [0.2, 0.25) is 5.02 Å². The molecular formula is C24H20BrClN2O.